The predicted octanol–water partition coefficient (Wildman–Crippen LogP) is 1.36. The van der Waals surface area contributed by atoms with E-state index in [9.17, 15) is 4.79 Å². The van der Waals surface area contributed by atoms with Crippen molar-refractivity contribution in [2.24, 2.45) is 17.8 Å². The van der Waals surface area contributed by atoms with E-state index in [0.717, 1.165) is 12.8 Å². The van der Waals surface area contributed by atoms with Crippen LogP contribution in [0.1, 0.15) is 19.8 Å². The molecule has 2 aliphatic carbocycles. The van der Waals surface area contributed by atoms with Crippen LogP contribution in [0.3, 0.4) is 0 Å². The third-order valence-corrected chi connectivity index (χ3v) is 7.97. The second-order valence-electron chi connectivity index (χ2n) is 9.53. The Morgan fingerprint density at radius 1 is 0.927 bits per heavy atom. The number of allylic oxidation sites excluding steroid dienone is 2. The molecule has 1 fully saturated rings. The van der Waals surface area contributed by atoms with Crippen LogP contribution in [0, 0.1) is 29.8 Å². The van der Waals surface area contributed by atoms with Crippen molar-refractivity contribution in [2.75, 3.05) is 92.4 Å². The molecule has 0 aliphatic heterocycles. The Labute approximate surface area is 244 Å². The number of ether oxygens (including phenoxy) is 6. The zero-order valence-corrected chi connectivity index (χ0v) is 25.0. The molecule has 3 rings (SSSR count). The Kier molecular flexibility index (Phi) is 17.1. The van der Waals surface area contributed by atoms with Crippen LogP contribution >= 0.6 is 8.15 Å². The summed E-state index contributed by atoms with van der Waals surface area (Å²) in [6, 6.07) is 0. The summed E-state index contributed by atoms with van der Waals surface area (Å²) >= 11 is 0. The summed E-state index contributed by atoms with van der Waals surface area (Å²) in [5, 5.41) is 11.1. The van der Waals surface area contributed by atoms with Gasteiger partial charge < -0.3 is 38.3 Å². The number of rotatable bonds is 25. The summed E-state index contributed by atoms with van der Waals surface area (Å²) < 4.78 is 40.2. The lowest BCUT2D eigenvalue weighted by molar-refractivity contribution is -0.126. The number of terminal acetylenes is 1. The molecule has 1 aromatic rings. The predicted molar refractivity (Wildman–Crippen MR) is 154 cm³/mol. The molecular formula is C28H45N4O8P. The van der Waals surface area contributed by atoms with E-state index < -0.39 is 8.15 Å². The summed E-state index contributed by atoms with van der Waals surface area (Å²) in [5.41, 5.74) is 3.30. The van der Waals surface area contributed by atoms with Gasteiger partial charge in [-0.1, -0.05) is 17.4 Å². The highest BCUT2D eigenvalue weighted by atomic mass is 31.1. The lowest BCUT2D eigenvalue weighted by Gasteiger charge is -2.17. The van der Waals surface area contributed by atoms with Crippen LogP contribution in [0.15, 0.2) is 18.3 Å². The molecule has 0 radical (unpaired) electrons. The number of amides is 1. The fraction of sp³-hybridized carbons (Fsp3) is 0.750. The largest absolute Gasteiger partial charge is 0.377 e. The molecule has 1 saturated carbocycles. The summed E-state index contributed by atoms with van der Waals surface area (Å²) in [5.74, 6) is 1.34. The van der Waals surface area contributed by atoms with Crippen molar-refractivity contribution in [3.05, 3.63) is 18.3 Å². The zero-order valence-electron chi connectivity index (χ0n) is 24.1. The molecule has 0 saturated heterocycles. The van der Waals surface area contributed by atoms with Gasteiger partial charge in [0.1, 0.15) is 5.44 Å². The van der Waals surface area contributed by atoms with Crippen molar-refractivity contribution in [3.8, 4) is 12.1 Å². The van der Waals surface area contributed by atoms with Crippen LogP contribution < -0.4 is 10.8 Å². The van der Waals surface area contributed by atoms with Crippen molar-refractivity contribution in [1.29, 1.82) is 0 Å². The topological polar surface area (TPSA) is 124 Å². The van der Waals surface area contributed by atoms with E-state index in [0.29, 0.717) is 116 Å². The molecule has 1 heterocycles. The average molecular weight is 597 g/mol. The van der Waals surface area contributed by atoms with Crippen LogP contribution in [-0.4, -0.2) is 113 Å². The van der Waals surface area contributed by atoms with E-state index in [2.05, 4.69) is 33.4 Å². The third kappa shape index (κ3) is 13.3. The first kappa shape index (κ1) is 33.6. The second-order valence-corrected chi connectivity index (χ2v) is 11.1. The molecule has 41 heavy (non-hydrogen) atoms. The van der Waals surface area contributed by atoms with Crippen LogP contribution in [0.4, 0.5) is 0 Å². The molecule has 1 N–H and O–H groups in total. The van der Waals surface area contributed by atoms with Gasteiger partial charge >= 0.3 is 0 Å². The van der Waals surface area contributed by atoms with E-state index in [4.69, 9.17) is 39.4 Å². The molecule has 4 atom stereocenters. The van der Waals surface area contributed by atoms with E-state index in [1.165, 1.54) is 0 Å². The van der Waals surface area contributed by atoms with Gasteiger partial charge in [-0.2, -0.15) is 0 Å². The zero-order chi connectivity index (χ0) is 29.0. The van der Waals surface area contributed by atoms with Crippen molar-refractivity contribution < 1.29 is 37.7 Å². The van der Waals surface area contributed by atoms with Crippen LogP contribution in [0.25, 0.3) is 0 Å². The number of fused-ring (bicyclic) bond motifs is 2. The SMILES string of the molecule is C#CP(OCC)c1cn(CCOCCOCCOCCOCCOCCOCCNC(=O)[C@@H]2C[C@H]3C=C[C@@H]2C3)nn1. The monoisotopic (exact) mass is 596 g/mol. The molecule has 2 aliphatic rings. The van der Waals surface area contributed by atoms with E-state index in [1.807, 2.05) is 6.92 Å². The minimum atomic E-state index is -1.14. The number of carbonyl (C=O) groups is 1. The lowest BCUT2D eigenvalue weighted by atomic mass is 9.93. The van der Waals surface area contributed by atoms with Crippen LogP contribution in [0.2, 0.25) is 0 Å². The number of hydrogen-bond acceptors (Lipinski definition) is 10. The second kappa shape index (κ2) is 20.9. The normalized spacial score (nSPS) is 20.0. The molecular weight excluding hydrogens is 551 g/mol. The molecule has 1 amide bonds. The smallest absolute Gasteiger partial charge is 0.223 e. The highest BCUT2D eigenvalue weighted by molar-refractivity contribution is 7.65. The number of nitrogens with one attached hydrogen (secondary N) is 1. The van der Waals surface area contributed by atoms with Crippen molar-refractivity contribution in [2.45, 2.75) is 26.3 Å². The Hall–Kier alpha value is -1.94. The molecule has 1 unspecified atom stereocenters. The molecule has 0 aromatic carbocycles. The fourth-order valence-corrected chi connectivity index (χ4v) is 5.57. The van der Waals surface area contributed by atoms with Crippen LogP contribution in [-0.2, 0) is 44.3 Å². The first-order valence-electron chi connectivity index (χ1n) is 14.4. The van der Waals surface area contributed by atoms with Gasteiger partial charge in [-0.15, -0.1) is 11.5 Å². The van der Waals surface area contributed by atoms with Crippen molar-refractivity contribution >= 4 is 19.5 Å². The van der Waals surface area contributed by atoms with Gasteiger partial charge in [0.15, 0.2) is 8.15 Å². The summed E-state index contributed by atoms with van der Waals surface area (Å²) in [4.78, 5) is 12.2. The van der Waals surface area contributed by atoms with Crippen LogP contribution in [0.5, 0.6) is 0 Å². The number of nitrogens with zero attached hydrogens (tertiary/aromatic N) is 3. The summed E-state index contributed by atoms with van der Waals surface area (Å²) in [6.45, 7) is 9.50. The maximum Gasteiger partial charge on any atom is 0.223 e. The van der Waals surface area contributed by atoms with Crippen molar-refractivity contribution in [3.63, 3.8) is 0 Å². The maximum atomic E-state index is 12.2. The molecule has 2 bridgehead atoms. The fourth-order valence-electron chi connectivity index (χ4n) is 4.61. The first-order chi connectivity index (χ1) is 20.2. The molecule has 0 spiro atoms. The Bertz CT molecular complexity index is 927. The summed E-state index contributed by atoms with van der Waals surface area (Å²) in [7, 11) is -1.14. The Balaban J connectivity index is 0.983. The Morgan fingerprint density at radius 3 is 2.02 bits per heavy atom. The lowest BCUT2D eigenvalue weighted by Crippen LogP contribution is -2.35. The molecule has 230 valence electrons. The Morgan fingerprint density at radius 2 is 1.51 bits per heavy atom. The number of hydrogen-bond donors (Lipinski definition) is 1. The van der Waals surface area contributed by atoms with Crippen molar-refractivity contribution in [1.82, 2.24) is 20.3 Å². The van der Waals surface area contributed by atoms with E-state index in [1.54, 1.807) is 10.9 Å². The minimum Gasteiger partial charge on any atom is -0.377 e. The van der Waals surface area contributed by atoms with Gasteiger partial charge in [-0.25, -0.2) is 4.68 Å². The maximum absolute atomic E-state index is 12.2. The highest BCUT2D eigenvalue weighted by Gasteiger charge is 2.39. The van der Waals surface area contributed by atoms with Gasteiger partial charge in [0.2, 0.25) is 5.91 Å². The molecule has 1 aromatic heterocycles. The van der Waals surface area contributed by atoms with Gasteiger partial charge in [-0.05, 0) is 37.3 Å². The standard InChI is InChI=1S/C28H45N4O8P/c1-3-40-41(4-2)27-23-32(31-30-27)8-10-35-12-14-37-16-18-39-20-19-38-17-15-36-13-11-34-9-7-29-28(33)26-22-24-5-6-25(26)21-24/h2,5-6,23-26H,3,7-22H2,1H3,(H,29,33)/t24-,25+,26+,41?/m0/s1. The van der Waals surface area contributed by atoms with Gasteiger partial charge in [0.25, 0.3) is 0 Å². The minimum absolute atomic E-state index is 0.145. The van der Waals surface area contributed by atoms with Gasteiger partial charge in [-0.3, -0.25) is 4.79 Å². The van der Waals surface area contributed by atoms with E-state index >= 15 is 0 Å². The number of carbonyl (C=O) groups excluding carboxylic acids is 1. The number of aromatic nitrogens is 3. The van der Waals surface area contributed by atoms with Gasteiger partial charge in [0, 0.05) is 19.1 Å². The highest BCUT2D eigenvalue weighted by Crippen LogP contribution is 2.43. The first-order valence-corrected chi connectivity index (χ1v) is 15.7. The summed E-state index contributed by atoms with van der Waals surface area (Å²) in [6.07, 6.45) is 13.8. The van der Waals surface area contributed by atoms with E-state index in [-0.39, 0.29) is 11.8 Å². The quantitative estimate of drug-likeness (QED) is 0.0766. The van der Waals surface area contributed by atoms with Gasteiger partial charge in [0.05, 0.1) is 92.0 Å². The average Bonchev–Trinajstić information content (AvgIpc) is 3.75. The third-order valence-electron chi connectivity index (χ3n) is 6.60. The molecule has 13 heteroatoms. The molecule has 12 nitrogen and oxygen atoms in total.